The van der Waals surface area contributed by atoms with E-state index in [1.54, 1.807) is 12.4 Å². The third-order valence-corrected chi connectivity index (χ3v) is 2.67. The van der Waals surface area contributed by atoms with Gasteiger partial charge in [0.05, 0.1) is 11.7 Å². The Morgan fingerprint density at radius 2 is 2.12 bits per heavy atom. The molecule has 0 saturated heterocycles. The highest BCUT2D eigenvalue weighted by atomic mass is 14.9. The maximum absolute atomic E-state index is 5.92. The number of anilines is 1. The lowest BCUT2D eigenvalue weighted by molar-refractivity contribution is 0.670. The topological polar surface area (TPSA) is 63.8 Å². The monoisotopic (exact) mass is 228 g/mol. The summed E-state index contributed by atoms with van der Waals surface area (Å²) in [4.78, 5) is 8.53. The Morgan fingerprint density at radius 1 is 1.29 bits per heavy atom. The van der Waals surface area contributed by atoms with Crippen LogP contribution >= 0.6 is 0 Å². The molecule has 0 radical (unpaired) electrons. The molecule has 0 aromatic carbocycles. The quantitative estimate of drug-likeness (QED) is 0.839. The fourth-order valence-corrected chi connectivity index (χ4v) is 1.84. The van der Waals surface area contributed by atoms with Gasteiger partial charge in [0.15, 0.2) is 0 Å². The van der Waals surface area contributed by atoms with Gasteiger partial charge in [-0.05, 0) is 37.7 Å². The van der Waals surface area contributed by atoms with Crippen molar-refractivity contribution in [3.8, 4) is 0 Å². The number of nitrogens with one attached hydrogen (secondary N) is 1. The van der Waals surface area contributed by atoms with E-state index in [0.717, 1.165) is 16.8 Å². The third-order valence-electron chi connectivity index (χ3n) is 2.67. The van der Waals surface area contributed by atoms with E-state index in [1.807, 2.05) is 38.2 Å². The molecular formula is C13H16N4. The summed E-state index contributed by atoms with van der Waals surface area (Å²) >= 11 is 0. The Balaban J connectivity index is 2.46. The van der Waals surface area contributed by atoms with Crippen molar-refractivity contribution in [2.24, 2.45) is 0 Å². The predicted molar refractivity (Wildman–Crippen MR) is 68.5 cm³/mol. The summed E-state index contributed by atoms with van der Waals surface area (Å²) in [5, 5.41) is 3.22. The average molecular weight is 228 g/mol. The number of hydrogen-bond acceptors (Lipinski definition) is 4. The summed E-state index contributed by atoms with van der Waals surface area (Å²) in [5.41, 5.74) is 8.92. The molecule has 1 unspecified atom stereocenters. The molecule has 17 heavy (non-hydrogen) atoms. The van der Waals surface area contributed by atoms with Gasteiger partial charge in [0.2, 0.25) is 0 Å². The van der Waals surface area contributed by atoms with E-state index >= 15 is 0 Å². The zero-order chi connectivity index (χ0) is 12.3. The van der Waals surface area contributed by atoms with Gasteiger partial charge in [-0.3, -0.25) is 4.98 Å². The number of nitrogen functional groups attached to an aromatic ring is 1. The lowest BCUT2D eigenvalue weighted by Crippen LogP contribution is -2.20. The van der Waals surface area contributed by atoms with Gasteiger partial charge in [-0.25, -0.2) is 4.98 Å². The van der Waals surface area contributed by atoms with Gasteiger partial charge in [-0.1, -0.05) is 6.07 Å². The Morgan fingerprint density at radius 3 is 2.76 bits per heavy atom. The van der Waals surface area contributed by atoms with Crippen LogP contribution < -0.4 is 11.1 Å². The molecule has 2 aromatic heterocycles. The Kier molecular flexibility index (Phi) is 3.35. The Labute approximate surface area is 101 Å². The third kappa shape index (κ3) is 2.42. The normalized spacial score (nSPS) is 12.4. The van der Waals surface area contributed by atoms with Crippen molar-refractivity contribution in [2.45, 2.75) is 13.0 Å². The predicted octanol–water partition coefficient (Wildman–Crippen LogP) is 1.68. The zero-order valence-corrected chi connectivity index (χ0v) is 10.0. The van der Waals surface area contributed by atoms with Crippen LogP contribution in [0.4, 0.5) is 5.82 Å². The van der Waals surface area contributed by atoms with Crippen molar-refractivity contribution in [3.05, 3.63) is 53.5 Å². The molecule has 2 heterocycles. The molecule has 0 amide bonds. The van der Waals surface area contributed by atoms with E-state index in [9.17, 15) is 0 Å². The van der Waals surface area contributed by atoms with Crippen LogP contribution in [0.1, 0.15) is 22.9 Å². The molecule has 0 aliphatic rings. The van der Waals surface area contributed by atoms with Crippen LogP contribution in [0.2, 0.25) is 0 Å². The van der Waals surface area contributed by atoms with E-state index in [4.69, 9.17) is 5.73 Å². The van der Waals surface area contributed by atoms with Gasteiger partial charge in [-0.15, -0.1) is 0 Å². The Bertz CT molecular complexity index is 496. The highest BCUT2D eigenvalue weighted by Crippen LogP contribution is 2.24. The minimum atomic E-state index is -0.0244. The van der Waals surface area contributed by atoms with Crippen LogP contribution in [-0.4, -0.2) is 17.0 Å². The molecule has 0 bridgehead atoms. The lowest BCUT2D eigenvalue weighted by atomic mass is 10.0. The van der Waals surface area contributed by atoms with Crippen LogP contribution in [0.5, 0.6) is 0 Å². The molecule has 0 aliphatic carbocycles. The molecule has 4 heteroatoms. The summed E-state index contributed by atoms with van der Waals surface area (Å²) in [6.07, 6.45) is 3.54. The highest BCUT2D eigenvalue weighted by molar-refractivity contribution is 5.45. The summed E-state index contributed by atoms with van der Waals surface area (Å²) in [5.74, 6) is 0.542. The van der Waals surface area contributed by atoms with E-state index in [0.29, 0.717) is 5.82 Å². The number of rotatable bonds is 3. The van der Waals surface area contributed by atoms with Crippen molar-refractivity contribution in [3.63, 3.8) is 0 Å². The number of aromatic nitrogens is 2. The molecule has 0 aliphatic heterocycles. The maximum atomic E-state index is 5.92. The summed E-state index contributed by atoms with van der Waals surface area (Å²) < 4.78 is 0. The Hall–Kier alpha value is -1.94. The number of hydrogen-bond donors (Lipinski definition) is 2. The SMILES string of the molecule is CNC(c1ccccn1)c1cc(C)cnc1N. The van der Waals surface area contributed by atoms with Crippen LogP contribution in [0.15, 0.2) is 36.7 Å². The second-order valence-corrected chi connectivity index (χ2v) is 3.96. The van der Waals surface area contributed by atoms with Gasteiger partial charge < -0.3 is 11.1 Å². The van der Waals surface area contributed by atoms with Crippen LogP contribution in [0.3, 0.4) is 0 Å². The van der Waals surface area contributed by atoms with E-state index in [2.05, 4.69) is 15.3 Å². The van der Waals surface area contributed by atoms with Crippen LogP contribution in [0, 0.1) is 6.92 Å². The molecular weight excluding hydrogens is 212 g/mol. The highest BCUT2D eigenvalue weighted by Gasteiger charge is 2.16. The van der Waals surface area contributed by atoms with Crippen molar-refractivity contribution in [1.82, 2.24) is 15.3 Å². The minimum absolute atomic E-state index is 0.0244. The van der Waals surface area contributed by atoms with Gasteiger partial charge in [-0.2, -0.15) is 0 Å². The average Bonchev–Trinajstić information content (AvgIpc) is 2.36. The number of nitrogens with zero attached hydrogens (tertiary/aromatic N) is 2. The van der Waals surface area contributed by atoms with Gasteiger partial charge in [0, 0.05) is 18.0 Å². The zero-order valence-electron chi connectivity index (χ0n) is 10.0. The fraction of sp³-hybridized carbons (Fsp3) is 0.231. The second-order valence-electron chi connectivity index (χ2n) is 3.96. The molecule has 2 aromatic rings. The molecule has 1 atom stereocenters. The van der Waals surface area contributed by atoms with Crippen molar-refractivity contribution in [1.29, 1.82) is 0 Å². The fourth-order valence-electron chi connectivity index (χ4n) is 1.84. The van der Waals surface area contributed by atoms with Crippen molar-refractivity contribution < 1.29 is 0 Å². The first kappa shape index (κ1) is 11.5. The molecule has 0 saturated carbocycles. The number of pyridine rings is 2. The minimum Gasteiger partial charge on any atom is -0.383 e. The molecule has 4 nitrogen and oxygen atoms in total. The van der Waals surface area contributed by atoms with E-state index in [-0.39, 0.29) is 6.04 Å². The van der Waals surface area contributed by atoms with Crippen LogP contribution in [0.25, 0.3) is 0 Å². The first-order valence-corrected chi connectivity index (χ1v) is 5.52. The smallest absolute Gasteiger partial charge is 0.128 e. The second kappa shape index (κ2) is 4.93. The molecule has 3 N–H and O–H groups in total. The lowest BCUT2D eigenvalue weighted by Gasteiger charge is -2.17. The molecule has 88 valence electrons. The summed E-state index contributed by atoms with van der Waals surface area (Å²) in [7, 11) is 1.89. The molecule has 2 rings (SSSR count). The van der Waals surface area contributed by atoms with Crippen molar-refractivity contribution >= 4 is 5.82 Å². The summed E-state index contributed by atoms with van der Waals surface area (Å²) in [6, 6.07) is 7.85. The maximum Gasteiger partial charge on any atom is 0.128 e. The molecule has 0 spiro atoms. The molecule has 0 fully saturated rings. The number of aryl methyl sites for hydroxylation is 1. The van der Waals surface area contributed by atoms with E-state index < -0.39 is 0 Å². The first-order chi connectivity index (χ1) is 8.22. The van der Waals surface area contributed by atoms with Gasteiger partial charge in [0.25, 0.3) is 0 Å². The van der Waals surface area contributed by atoms with Crippen LogP contribution in [-0.2, 0) is 0 Å². The van der Waals surface area contributed by atoms with Crippen molar-refractivity contribution in [2.75, 3.05) is 12.8 Å². The van der Waals surface area contributed by atoms with Gasteiger partial charge in [0.1, 0.15) is 5.82 Å². The first-order valence-electron chi connectivity index (χ1n) is 5.52. The standard InChI is InChI=1S/C13H16N4/c1-9-7-10(13(14)17-8-9)12(15-2)11-5-3-4-6-16-11/h3-8,12,15H,1-2H3,(H2,14,17). The number of nitrogens with two attached hydrogens (primary N) is 1. The van der Waals surface area contributed by atoms with E-state index in [1.165, 1.54) is 0 Å². The van der Waals surface area contributed by atoms with Gasteiger partial charge >= 0.3 is 0 Å². The summed E-state index contributed by atoms with van der Waals surface area (Å²) in [6.45, 7) is 2.00. The largest absolute Gasteiger partial charge is 0.383 e.